The van der Waals surface area contributed by atoms with E-state index in [1.807, 2.05) is 0 Å². The lowest BCUT2D eigenvalue weighted by atomic mass is 10.0. The Morgan fingerprint density at radius 1 is 0.587 bits per heavy atom. The first-order valence-electron chi connectivity index (χ1n) is 18.9. The van der Waals surface area contributed by atoms with Gasteiger partial charge in [0.05, 0.1) is 6.61 Å². The van der Waals surface area contributed by atoms with Gasteiger partial charge in [-0.15, -0.1) is 0 Å². The second kappa shape index (κ2) is 32.6. The largest absolute Gasteiger partial charge is 0.470 e. The Balaban J connectivity index is 3.46. The third-order valence-corrected chi connectivity index (χ3v) is 9.20. The van der Waals surface area contributed by atoms with E-state index in [0.717, 1.165) is 64.2 Å². The molecule has 4 N–H and O–H groups in total. The van der Waals surface area contributed by atoms with Gasteiger partial charge in [-0.05, 0) is 44.9 Å². The fourth-order valence-corrected chi connectivity index (χ4v) is 6.37. The molecule has 2 atom stereocenters. The van der Waals surface area contributed by atoms with Crippen LogP contribution in [0.2, 0.25) is 0 Å². The first-order chi connectivity index (χ1) is 22.2. The highest BCUT2D eigenvalue weighted by Gasteiger charge is 2.33. The second-order valence-electron chi connectivity index (χ2n) is 13.2. The van der Waals surface area contributed by atoms with Gasteiger partial charge in [0.15, 0.2) is 11.9 Å². The first kappa shape index (κ1) is 45.1. The Hall–Kier alpha value is -0.890. The molecule has 0 aromatic heterocycles. The third kappa shape index (κ3) is 31.7. The summed E-state index contributed by atoms with van der Waals surface area (Å²) in [6.45, 7) is 1.46. The number of carbonyl (C=O) groups excluding carboxylic acids is 2. The van der Waals surface area contributed by atoms with Crippen molar-refractivity contribution >= 4 is 19.4 Å². The molecule has 0 aliphatic rings. The summed E-state index contributed by atoms with van der Waals surface area (Å²) in [4.78, 5) is 42.1. The summed E-state index contributed by atoms with van der Waals surface area (Å²) in [5.74, 6) is -0.152. The van der Waals surface area contributed by atoms with E-state index in [4.69, 9.17) is 14.9 Å². The minimum atomic E-state index is -4.94. The molecule has 0 aromatic carbocycles. The zero-order valence-electron chi connectivity index (χ0n) is 29.4. The fraction of sp³-hybridized carbons (Fsp3) is 0.892. The van der Waals surface area contributed by atoms with E-state index < -0.39 is 32.4 Å². The molecule has 0 saturated heterocycles. The standard InChI is InChI=1S/C37H71O8P/c1-2-3-4-5-6-7-8-12-15-18-21-24-27-30-34(39)31-28-25-22-19-16-13-10-9-11-14-17-20-23-26-29-32-35(40)37(36(41)33-38)45-46(42,43)44/h9,11,36-38,41H,2-8,10,12-33H2,1H3,(H2,42,43,44)/b11-9-. The molecule has 0 spiro atoms. The van der Waals surface area contributed by atoms with Crippen LogP contribution in [-0.2, 0) is 18.7 Å². The van der Waals surface area contributed by atoms with Crippen molar-refractivity contribution in [1.29, 1.82) is 0 Å². The Labute approximate surface area is 281 Å². The van der Waals surface area contributed by atoms with Crippen LogP contribution in [0, 0.1) is 0 Å². The number of carbonyl (C=O) groups is 2. The minimum absolute atomic E-state index is 0.0410. The van der Waals surface area contributed by atoms with Crippen molar-refractivity contribution in [3.63, 3.8) is 0 Å². The summed E-state index contributed by atoms with van der Waals surface area (Å²) in [6, 6.07) is 0. The maximum absolute atomic E-state index is 12.1. The summed E-state index contributed by atoms with van der Waals surface area (Å²) in [5.41, 5.74) is 0. The highest BCUT2D eigenvalue weighted by molar-refractivity contribution is 7.46. The summed E-state index contributed by atoms with van der Waals surface area (Å²) in [6.07, 6.45) is 33.9. The van der Waals surface area contributed by atoms with Gasteiger partial charge < -0.3 is 20.0 Å². The molecule has 0 aliphatic heterocycles. The van der Waals surface area contributed by atoms with Gasteiger partial charge in [0.1, 0.15) is 11.9 Å². The molecule has 0 heterocycles. The van der Waals surface area contributed by atoms with Crippen molar-refractivity contribution in [2.75, 3.05) is 6.61 Å². The molecule has 0 radical (unpaired) electrons. The number of aliphatic hydroxyl groups excluding tert-OH is 2. The lowest BCUT2D eigenvalue weighted by Gasteiger charge is -2.20. The number of rotatable bonds is 36. The van der Waals surface area contributed by atoms with Gasteiger partial charge >= 0.3 is 7.82 Å². The lowest BCUT2D eigenvalue weighted by Crippen LogP contribution is -2.38. The molecule has 0 rings (SSSR count). The van der Waals surface area contributed by atoms with Crippen molar-refractivity contribution in [3.8, 4) is 0 Å². The van der Waals surface area contributed by atoms with Gasteiger partial charge in [-0.2, -0.15) is 0 Å². The molecule has 9 heteroatoms. The third-order valence-electron chi connectivity index (χ3n) is 8.70. The molecular weight excluding hydrogens is 603 g/mol. The molecule has 0 saturated carbocycles. The van der Waals surface area contributed by atoms with Crippen molar-refractivity contribution in [2.24, 2.45) is 0 Å². The highest BCUT2D eigenvalue weighted by Crippen LogP contribution is 2.38. The van der Waals surface area contributed by atoms with Gasteiger partial charge in [-0.1, -0.05) is 141 Å². The molecule has 0 amide bonds. The van der Waals surface area contributed by atoms with Crippen LogP contribution in [0.15, 0.2) is 12.2 Å². The van der Waals surface area contributed by atoms with Gasteiger partial charge in [0.25, 0.3) is 0 Å². The Bertz CT molecular complexity index is 781. The lowest BCUT2D eigenvalue weighted by molar-refractivity contribution is -0.133. The number of ketones is 2. The topological polar surface area (TPSA) is 141 Å². The molecule has 2 unspecified atom stereocenters. The summed E-state index contributed by atoms with van der Waals surface area (Å²) >= 11 is 0. The molecule has 0 fully saturated rings. The number of unbranched alkanes of at least 4 members (excludes halogenated alkanes) is 23. The Morgan fingerprint density at radius 2 is 0.935 bits per heavy atom. The van der Waals surface area contributed by atoms with E-state index in [0.29, 0.717) is 12.2 Å². The number of phosphoric acid groups is 1. The Morgan fingerprint density at radius 3 is 1.30 bits per heavy atom. The van der Waals surface area contributed by atoms with Crippen LogP contribution < -0.4 is 0 Å². The monoisotopic (exact) mass is 674 g/mol. The number of hydrogen-bond acceptors (Lipinski definition) is 6. The quantitative estimate of drug-likeness (QED) is 0.0292. The van der Waals surface area contributed by atoms with Gasteiger partial charge in [-0.3, -0.25) is 14.1 Å². The van der Waals surface area contributed by atoms with Gasteiger partial charge in [0.2, 0.25) is 0 Å². The van der Waals surface area contributed by atoms with E-state index in [2.05, 4.69) is 23.6 Å². The van der Waals surface area contributed by atoms with E-state index in [-0.39, 0.29) is 6.42 Å². The van der Waals surface area contributed by atoms with Crippen LogP contribution in [0.1, 0.15) is 193 Å². The smallest absolute Gasteiger partial charge is 0.394 e. The molecular formula is C37H71O8P. The normalized spacial score (nSPS) is 13.4. The summed E-state index contributed by atoms with van der Waals surface area (Å²) < 4.78 is 15.4. The van der Waals surface area contributed by atoms with E-state index in [1.54, 1.807) is 0 Å². The Kier molecular flexibility index (Phi) is 32.0. The van der Waals surface area contributed by atoms with E-state index in [1.165, 1.54) is 109 Å². The average molecular weight is 675 g/mol. The molecule has 0 bridgehead atoms. The first-order valence-corrected chi connectivity index (χ1v) is 20.5. The van der Waals surface area contributed by atoms with Crippen LogP contribution in [0.25, 0.3) is 0 Å². The predicted octanol–water partition coefficient (Wildman–Crippen LogP) is 9.84. The van der Waals surface area contributed by atoms with Crippen LogP contribution in [0.4, 0.5) is 0 Å². The summed E-state index contributed by atoms with van der Waals surface area (Å²) in [7, 11) is -4.94. The van der Waals surface area contributed by atoms with E-state index in [9.17, 15) is 19.3 Å². The molecule has 8 nitrogen and oxygen atoms in total. The van der Waals surface area contributed by atoms with Crippen molar-refractivity contribution in [1.82, 2.24) is 0 Å². The second-order valence-corrected chi connectivity index (χ2v) is 14.4. The van der Waals surface area contributed by atoms with Gasteiger partial charge in [-0.25, -0.2) is 4.57 Å². The fourth-order valence-electron chi connectivity index (χ4n) is 5.81. The molecule has 0 aromatic rings. The number of allylic oxidation sites excluding steroid dienone is 2. The highest BCUT2D eigenvalue weighted by atomic mass is 31.2. The van der Waals surface area contributed by atoms with Crippen molar-refractivity contribution in [2.45, 2.75) is 205 Å². The van der Waals surface area contributed by atoms with Gasteiger partial charge in [0, 0.05) is 19.3 Å². The maximum Gasteiger partial charge on any atom is 0.470 e. The van der Waals surface area contributed by atoms with Crippen molar-refractivity contribution in [3.05, 3.63) is 12.2 Å². The maximum atomic E-state index is 12.1. The van der Waals surface area contributed by atoms with Crippen LogP contribution >= 0.6 is 7.82 Å². The number of phosphoric ester groups is 1. The number of aliphatic hydroxyl groups is 2. The van der Waals surface area contributed by atoms with Crippen LogP contribution in [0.5, 0.6) is 0 Å². The van der Waals surface area contributed by atoms with Crippen molar-refractivity contribution < 1.29 is 38.7 Å². The SMILES string of the molecule is CCCCCCCCCCCCCCCC(=O)CCCCCCCC/C=C\CCCCCCCC(=O)C(OP(=O)(O)O)C(O)CO. The minimum Gasteiger partial charge on any atom is -0.394 e. The van der Waals surface area contributed by atoms with E-state index >= 15 is 0 Å². The molecule has 0 aliphatic carbocycles. The number of Topliss-reactive ketones (excluding diaryl/α,β-unsaturated/α-hetero) is 2. The zero-order chi connectivity index (χ0) is 34.1. The summed E-state index contributed by atoms with van der Waals surface area (Å²) in [5, 5.41) is 18.6. The molecule has 46 heavy (non-hydrogen) atoms. The predicted molar refractivity (Wildman–Crippen MR) is 189 cm³/mol. The van der Waals surface area contributed by atoms with Crippen LogP contribution in [0.3, 0.4) is 0 Å². The molecule has 272 valence electrons. The average Bonchev–Trinajstić information content (AvgIpc) is 3.02. The zero-order valence-corrected chi connectivity index (χ0v) is 30.3. The number of hydrogen-bond donors (Lipinski definition) is 4. The van der Waals surface area contributed by atoms with Crippen LogP contribution in [-0.4, -0.2) is 50.4 Å².